The van der Waals surface area contributed by atoms with Gasteiger partial charge in [0.25, 0.3) is 0 Å². The lowest BCUT2D eigenvalue weighted by Gasteiger charge is -2.13. The molecule has 0 saturated carbocycles. The average Bonchev–Trinajstić information content (AvgIpc) is 2.88. The van der Waals surface area contributed by atoms with Gasteiger partial charge in [0.05, 0.1) is 6.54 Å². The zero-order valence-corrected chi connectivity index (χ0v) is 9.76. The van der Waals surface area contributed by atoms with Crippen LogP contribution in [0.1, 0.15) is 34.7 Å². The minimum absolute atomic E-state index is 0.263. The number of carbonyl (C=O) groups is 1. The van der Waals surface area contributed by atoms with E-state index in [1.165, 1.54) is 0 Å². The second-order valence-corrected chi connectivity index (χ2v) is 4.42. The van der Waals surface area contributed by atoms with Crippen LogP contribution in [0.5, 0.6) is 0 Å². The number of carbonyl (C=O) groups excluding carboxylic acids is 1. The van der Waals surface area contributed by atoms with Crippen molar-refractivity contribution < 1.29 is 4.79 Å². The summed E-state index contributed by atoms with van der Waals surface area (Å²) in [4.78, 5) is 15.9. The highest BCUT2D eigenvalue weighted by molar-refractivity contribution is 5.98. The van der Waals surface area contributed by atoms with Crippen LogP contribution in [0.3, 0.4) is 0 Å². The van der Waals surface area contributed by atoms with E-state index >= 15 is 0 Å². The number of nitrogens with zero attached hydrogens (tertiary/aromatic N) is 4. The fourth-order valence-electron chi connectivity index (χ4n) is 2.35. The van der Waals surface area contributed by atoms with Crippen molar-refractivity contribution in [3.63, 3.8) is 0 Å². The Bertz CT molecular complexity index is 567. The molecule has 2 aromatic rings. The highest BCUT2D eigenvalue weighted by Crippen LogP contribution is 2.22. The van der Waals surface area contributed by atoms with E-state index in [2.05, 4.69) is 14.6 Å². The Morgan fingerprint density at radius 1 is 1.41 bits per heavy atom. The van der Waals surface area contributed by atoms with Gasteiger partial charge in [-0.2, -0.15) is 5.10 Å². The quantitative estimate of drug-likeness (QED) is 0.778. The molecule has 2 aromatic heterocycles. The zero-order valence-electron chi connectivity index (χ0n) is 9.76. The smallest absolute Gasteiger partial charge is 0.170 e. The maximum atomic E-state index is 11.7. The number of fused-ring (bicyclic) bond motifs is 1. The molecule has 17 heavy (non-hydrogen) atoms. The molecule has 3 rings (SSSR count). The van der Waals surface area contributed by atoms with E-state index in [9.17, 15) is 4.79 Å². The number of hydrogen-bond donors (Lipinski definition) is 0. The molecule has 0 N–H and O–H groups in total. The van der Waals surface area contributed by atoms with Crippen molar-refractivity contribution in [2.45, 2.75) is 25.8 Å². The third-order valence-electron chi connectivity index (χ3n) is 3.16. The number of hydrogen-bond acceptors (Lipinski definition) is 3. The molecule has 0 aromatic carbocycles. The van der Waals surface area contributed by atoms with Crippen molar-refractivity contribution in [1.82, 2.24) is 19.3 Å². The van der Waals surface area contributed by atoms with Gasteiger partial charge in [0.2, 0.25) is 0 Å². The molecule has 1 aliphatic carbocycles. The third kappa shape index (κ3) is 1.77. The van der Waals surface area contributed by atoms with E-state index < -0.39 is 0 Å². The predicted molar refractivity (Wildman–Crippen MR) is 61.8 cm³/mol. The number of aryl methyl sites for hydroxylation is 1. The van der Waals surface area contributed by atoms with Crippen molar-refractivity contribution in [1.29, 1.82) is 0 Å². The van der Waals surface area contributed by atoms with Crippen LogP contribution in [0.4, 0.5) is 0 Å². The lowest BCUT2D eigenvalue weighted by molar-refractivity contribution is 0.0972. The van der Waals surface area contributed by atoms with Gasteiger partial charge < -0.3 is 4.57 Å². The van der Waals surface area contributed by atoms with Crippen LogP contribution in [-0.4, -0.2) is 25.1 Å². The highest BCUT2D eigenvalue weighted by atomic mass is 16.1. The van der Waals surface area contributed by atoms with Crippen LogP contribution in [0, 0.1) is 0 Å². The maximum Gasteiger partial charge on any atom is 0.170 e. The average molecular weight is 230 g/mol. The van der Waals surface area contributed by atoms with Crippen LogP contribution >= 0.6 is 0 Å². The first kappa shape index (κ1) is 10.3. The normalized spacial score (nSPS) is 15.0. The van der Waals surface area contributed by atoms with Crippen molar-refractivity contribution in [2.75, 3.05) is 0 Å². The number of ketones is 1. The molecule has 0 fully saturated rings. The van der Waals surface area contributed by atoms with Gasteiger partial charge in [-0.1, -0.05) is 0 Å². The predicted octanol–water partition coefficient (Wildman–Crippen LogP) is 1.18. The standard InChI is InChI=1S/C12H14N4O/c1-15-8-13-12(14-15)7-16-6-5-9-10(16)3-2-4-11(9)17/h5-6,8H,2-4,7H2,1H3. The fourth-order valence-corrected chi connectivity index (χ4v) is 2.35. The summed E-state index contributed by atoms with van der Waals surface area (Å²) in [7, 11) is 1.85. The molecule has 0 unspecified atom stereocenters. The summed E-state index contributed by atoms with van der Waals surface area (Å²) in [6.45, 7) is 0.642. The van der Waals surface area contributed by atoms with E-state index in [-0.39, 0.29) is 5.78 Å². The summed E-state index contributed by atoms with van der Waals surface area (Å²) < 4.78 is 3.78. The summed E-state index contributed by atoms with van der Waals surface area (Å²) in [5, 5.41) is 4.25. The third-order valence-corrected chi connectivity index (χ3v) is 3.16. The highest BCUT2D eigenvalue weighted by Gasteiger charge is 2.20. The van der Waals surface area contributed by atoms with E-state index in [1.54, 1.807) is 11.0 Å². The molecule has 1 aliphatic rings. The van der Waals surface area contributed by atoms with Crippen molar-refractivity contribution in [2.24, 2.45) is 7.05 Å². The van der Waals surface area contributed by atoms with Crippen LogP contribution in [0.2, 0.25) is 0 Å². The second kappa shape index (κ2) is 3.84. The van der Waals surface area contributed by atoms with Gasteiger partial charge in [0.15, 0.2) is 11.6 Å². The Kier molecular flexibility index (Phi) is 2.31. The van der Waals surface area contributed by atoms with Crippen molar-refractivity contribution >= 4 is 5.78 Å². The molecular formula is C12H14N4O. The monoisotopic (exact) mass is 230 g/mol. The van der Waals surface area contributed by atoms with Gasteiger partial charge in [-0.25, -0.2) is 4.98 Å². The Balaban J connectivity index is 1.91. The van der Waals surface area contributed by atoms with Crippen molar-refractivity contribution in [3.8, 4) is 0 Å². The molecule has 0 spiro atoms. The first-order valence-electron chi connectivity index (χ1n) is 5.80. The summed E-state index contributed by atoms with van der Waals surface area (Å²) in [5.74, 6) is 1.04. The topological polar surface area (TPSA) is 52.7 Å². The second-order valence-electron chi connectivity index (χ2n) is 4.42. The molecule has 0 bridgehead atoms. The summed E-state index contributed by atoms with van der Waals surface area (Å²) >= 11 is 0. The lowest BCUT2D eigenvalue weighted by atomic mass is 9.97. The Morgan fingerprint density at radius 2 is 2.29 bits per heavy atom. The van der Waals surface area contributed by atoms with E-state index in [1.807, 2.05) is 19.3 Å². The van der Waals surface area contributed by atoms with Crippen LogP contribution in [0.15, 0.2) is 18.6 Å². The fraction of sp³-hybridized carbons (Fsp3) is 0.417. The lowest BCUT2D eigenvalue weighted by Crippen LogP contribution is -2.14. The van der Waals surface area contributed by atoms with Gasteiger partial charge >= 0.3 is 0 Å². The molecule has 88 valence electrons. The summed E-state index contributed by atoms with van der Waals surface area (Å²) in [5.41, 5.74) is 2.01. The summed E-state index contributed by atoms with van der Waals surface area (Å²) in [6, 6.07) is 1.92. The van der Waals surface area contributed by atoms with Gasteiger partial charge in [-0.15, -0.1) is 0 Å². The van der Waals surface area contributed by atoms with Crippen LogP contribution in [-0.2, 0) is 20.0 Å². The van der Waals surface area contributed by atoms with Gasteiger partial charge in [-0.05, 0) is 18.9 Å². The molecule has 0 amide bonds. The van der Waals surface area contributed by atoms with E-state index in [4.69, 9.17) is 0 Å². The number of rotatable bonds is 2. The maximum absolute atomic E-state index is 11.7. The largest absolute Gasteiger partial charge is 0.343 e. The van der Waals surface area contributed by atoms with E-state index in [0.717, 1.165) is 29.9 Å². The molecule has 0 radical (unpaired) electrons. The molecule has 0 saturated heterocycles. The van der Waals surface area contributed by atoms with Crippen molar-refractivity contribution in [3.05, 3.63) is 35.7 Å². The first-order chi connectivity index (χ1) is 8.24. The van der Waals surface area contributed by atoms with Crippen LogP contribution < -0.4 is 0 Å². The van der Waals surface area contributed by atoms with Crippen LogP contribution in [0.25, 0.3) is 0 Å². The minimum Gasteiger partial charge on any atom is -0.343 e. The Labute approximate surface area is 99.1 Å². The van der Waals surface area contributed by atoms with Gasteiger partial charge in [0, 0.05) is 30.9 Å². The Morgan fingerprint density at radius 3 is 3.06 bits per heavy atom. The molecule has 2 heterocycles. The molecular weight excluding hydrogens is 216 g/mol. The first-order valence-corrected chi connectivity index (χ1v) is 5.80. The zero-order chi connectivity index (χ0) is 11.8. The minimum atomic E-state index is 0.263. The van der Waals surface area contributed by atoms with Gasteiger partial charge in [0.1, 0.15) is 6.33 Å². The molecule has 5 nitrogen and oxygen atoms in total. The SMILES string of the molecule is Cn1cnc(Cn2ccc3c2CCCC3=O)n1. The number of Topliss-reactive ketones (excluding diaryl/α,β-unsaturated/α-hetero) is 1. The molecule has 5 heteroatoms. The Hall–Kier alpha value is -1.91. The molecule has 0 atom stereocenters. The van der Waals surface area contributed by atoms with Gasteiger partial charge in [-0.3, -0.25) is 9.48 Å². The summed E-state index contributed by atoms with van der Waals surface area (Å²) in [6.07, 6.45) is 6.26. The van der Waals surface area contributed by atoms with E-state index in [0.29, 0.717) is 13.0 Å². The molecule has 0 aliphatic heterocycles. The number of aromatic nitrogens is 4.